The standard InChI is InChI=1S/C12H20N4O/c1-9-6-10(2)16(14-9)7-11-4-3-5-15(11)8-12(13)17/h6,11H,3-5,7-8H2,1-2H3,(H2,13,17)/t11-/m0/s1. The number of primary amides is 1. The van der Waals surface area contributed by atoms with Crippen LogP contribution in [0.15, 0.2) is 6.07 Å². The quantitative estimate of drug-likeness (QED) is 0.825. The lowest BCUT2D eigenvalue weighted by molar-refractivity contribution is -0.119. The van der Waals surface area contributed by atoms with Gasteiger partial charge in [0.15, 0.2) is 0 Å². The monoisotopic (exact) mass is 236 g/mol. The van der Waals surface area contributed by atoms with Crippen LogP contribution < -0.4 is 5.73 Å². The van der Waals surface area contributed by atoms with Gasteiger partial charge in [-0.05, 0) is 39.3 Å². The Labute approximate surface area is 102 Å². The summed E-state index contributed by atoms with van der Waals surface area (Å²) in [6.45, 7) is 6.25. The molecule has 1 aliphatic rings. The fraction of sp³-hybridized carbons (Fsp3) is 0.667. The van der Waals surface area contributed by atoms with Gasteiger partial charge in [-0.1, -0.05) is 0 Å². The molecule has 1 atom stereocenters. The molecule has 1 aromatic heterocycles. The third-order valence-corrected chi connectivity index (χ3v) is 3.35. The van der Waals surface area contributed by atoms with E-state index in [-0.39, 0.29) is 5.91 Å². The number of nitrogens with zero attached hydrogens (tertiary/aromatic N) is 3. The second-order valence-corrected chi connectivity index (χ2v) is 4.84. The van der Waals surface area contributed by atoms with Crippen LogP contribution in [-0.4, -0.2) is 39.7 Å². The van der Waals surface area contributed by atoms with E-state index in [0.717, 1.165) is 31.6 Å². The van der Waals surface area contributed by atoms with E-state index in [1.54, 1.807) is 0 Å². The van der Waals surface area contributed by atoms with Crippen molar-refractivity contribution < 1.29 is 4.79 Å². The van der Waals surface area contributed by atoms with Crippen molar-refractivity contribution in [3.63, 3.8) is 0 Å². The minimum absolute atomic E-state index is 0.245. The molecule has 5 heteroatoms. The zero-order chi connectivity index (χ0) is 12.4. The molecule has 1 fully saturated rings. The fourth-order valence-electron chi connectivity index (χ4n) is 2.57. The first-order chi connectivity index (χ1) is 8.06. The van der Waals surface area contributed by atoms with Crippen molar-refractivity contribution in [2.75, 3.05) is 13.1 Å². The summed E-state index contributed by atoms with van der Waals surface area (Å²) in [6, 6.07) is 2.47. The number of aryl methyl sites for hydroxylation is 2. The first kappa shape index (κ1) is 12.1. The smallest absolute Gasteiger partial charge is 0.231 e. The van der Waals surface area contributed by atoms with Crippen LogP contribution in [0, 0.1) is 13.8 Å². The summed E-state index contributed by atoms with van der Waals surface area (Å²) < 4.78 is 2.03. The van der Waals surface area contributed by atoms with E-state index in [9.17, 15) is 4.79 Å². The van der Waals surface area contributed by atoms with Crippen molar-refractivity contribution in [2.45, 2.75) is 39.3 Å². The molecule has 0 spiro atoms. The van der Waals surface area contributed by atoms with Crippen molar-refractivity contribution in [2.24, 2.45) is 5.73 Å². The number of carbonyl (C=O) groups is 1. The molecule has 1 amide bonds. The Bertz CT molecular complexity index is 413. The van der Waals surface area contributed by atoms with Crippen LogP contribution in [0.5, 0.6) is 0 Å². The fourth-order valence-corrected chi connectivity index (χ4v) is 2.57. The lowest BCUT2D eigenvalue weighted by Gasteiger charge is -2.23. The minimum Gasteiger partial charge on any atom is -0.369 e. The SMILES string of the molecule is Cc1cc(C)n(C[C@@H]2CCCN2CC(N)=O)n1. The highest BCUT2D eigenvalue weighted by Gasteiger charge is 2.26. The van der Waals surface area contributed by atoms with E-state index in [2.05, 4.69) is 23.0 Å². The van der Waals surface area contributed by atoms with Crippen LogP contribution in [0.4, 0.5) is 0 Å². The topological polar surface area (TPSA) is 64.2 Å². The van der Waals surface area contributed by atoms with Gasteiger partial charge in [0, 0.05) is 11.7 Å². The van der Waals surface area contributed by atoms with Gasteiger partial charge in [-0.15, -0.1) is 0 Å². The summed E-state index contributed by atoms with van der Waals surface area (Å²) in [7, 11) is 0. The van der Waals surface area contributed by atoms with Crippen molar-refractivity contribution in [3.8, 4) is 0 Å². The molecular formula is C12H20N4O. The molecule has 5 nitrogen and oxygen atoms in total. The molecule has 1 aliphatic heterocycles. The molecule has 0 bridgehead atoms. The summed E-state index contributed by atoms with van der Waals surface area (Å²) in [5.74, 6) is -0.245. The molecule has 2 heterocycles. The molecule has 0 unspecified atom stereocenters. The third-order valence-electron chi connectivity index (χ3n) is 3.35. The minimum atomic E-state index is -0.245. The maximum absolute atomic E-state index is 11.0. The summed E-state index contributed by atoms with van der Waals surface area (Å²) in [6.07, 6.45) is 2.25. The van der Waals surface area contributed by atoms with Gasteiger partial charge in [0.1, 0.15) is 0 Å². The number of carbonyl (C=O) groups excluding carboxylic acids is 1. The van der Waals surface area contributed by atoms with Gasteiger partial charge in [0.2, 0.25) is 5.91 Å². The summed E-state index contributed by atoms with van der Waals surface area (Å²) >= 11 is 0. The number of nitrogens with two attached hydrogens (primary N) is 1. The van der Waals surface area contributed by atoms with Crippen molar-refractivity contribution in [3.05, 3.63) is 17.5 Å². The molecule has 94 valence electrons. The molecule has 0 aliphatic carbocycles. The van der Waals surface area contributed by atoms with Gasteiger partial charge >= 0.3 is 0 Å². The first-order valence-electron chi connectivity index (χ1n) is 6.09. The van der Waals surface area contributed by atoms with Gasteiger partial charge < -0.3 is 5.73 Å². The lowest BCUT2D eigenvalue weighted by Crippen LogP contribution is -2.39. The van der Waals surface area contributed by atoms with Crippen LogP contribution in [0.2, 0.25) is 0 Å². The van der Waals surface area contributed by atoms with Crippen molar-refractivity contribution in [1.29, 1.82) is 0 Å². The molecule has 2 rings (SSSR count). The average molecular weight is 236 g/mol. The predicted octanol–water partition coefficient (Wildman–Crippen LogP) is 0.450. The van der Waals surface area contributed by atoms with E-state index >= 15 is 0 Å². The van der Waals surface area contributed by atoms with Gasteiger partial charge in [0.05, 0.1) is 18.8 Å². The Morgan fingerprint density at radius 3 is 2.94 bits per heavy atom. The number of aromatic nitrogens is 2. The summed E-state index contributed by atoms with van der Waals surface area (Å²) in [5, 5.41) is 4.46. The number of hydrogen-bond acceptors (Lipinski definition) is 3. The van der Waals surface area contributed by atoms with Crippen LogP contribution >= 0.6 is 0 Å². The molecule has 17 heavy (non-hydrogen) atoms. The molecule has 0 aromatic carbocycles. The zero-order valence-electron chi connectivity index (χ0n) is 10.5. The van der Waals surface area contributed by atoms with Crippen molar-refractivity contribution >= 4 is 5.91 Å². The number of amides is 1. The Hall–Kier alpha value is -1.36. The van der Waals surface area contributed by atoms with E-state index < -0.39 is 0 Å². The van der Waals surface area contributed by atoms with E-state index in [0.29, 0.717) is 12.6 Å². The Morgan fingerprint density at radius 1 is 1.59 bits per heavy atom. The Balaban J connectivity index is 2.02. The Morgan fingerprint density at radius 2 is 2.35 bits per heavy atom. The lowest BCUT2D eigenvalue weighted by atomic mass is 10.2. The van der Waals surface area contributed by atoms with Crippen LogP contribution in [-0.2, 0) is 11.3 Å². The molecule has 0 radical (unpaired) electrons. The van der Waals surface area contributed by atoms with Gasteiger partial charge in [-0.3, -0.25) is 14.4 Å². The zero-order valence-corrected chi connectivity index (χ0v) is 10.5. The van der Waals surface area contributed by atoms with E-state index in [1.165, 1.54) is 5.69 Å². The van der Waals surface area contributed by atoms with Crippen LogP contribution in [0.25, 0.3) is 0 Å². The van der Waals surface area contributed by atoms with Crippen LogP contribution in [0.1, 0.15) is 24.2 Å². The molecule has 1 aromatic rings. The molecular weight excluding hydrogens is 216 g/mol. The van der Waals surface area contributed by atoms with Gasteiger partial charge in [-0.2, -0.15) is 5.10 Å². The number of hydrogen-bond donors (Lipinski definition) is 1. The third kappa shape index (κ3) is 2.85. The summed E-state index contributed by atoms with van der Waals surface area (Å²) in [4.78, 5) is 13.1. The predicted molar refractivity (Wildman–Crippen MR) is 65.5 cm³/mol. The van der Waals surface area contributed by atoms with Gasteiger partial charge in [0.25, 0.3) is 0 Å². The second kappa shape index (κ2) is 4.87. The van der Waals surface area contributed by atoms with E-state index in [4.69, 9.17) is 5.73 Å². The number of likely N-dealkylation sites (tertiary alicyclic amines) is 1. The highest BCUT2D eigenvalue weighted by atomic mass is 16.1. The largest absolute Gasteiger partial charge is 0.369 e. The summed E-state index contributed by atoms with van der Waals surface area (Å²) in [5.41, 5.74) is 7.48. The molecule has 1 saturated heterocycles. The Kier molecular flexibility index (Phi) is 3.47. The highest BCUT2D eigenvalue weighted by Crippen LogP contribution is 2.18. The molecule has 0 saturated carbocycles. The average Bonchev–Trinajstić information content (AvgIpc) is 2.75. The molecule has 2 N–H and O–H groups in total. The number of rotatable bonds is 4. The van der Waals surface area contributed by atoms with Crippen LogP contribution in [0.3, 0.4) is 0 Å². The van der Waals surface area contributed by atoms with Gasteiger partial charge in [-0.25, -0.2) is 0 Å². The maximum Gasteiger partial charge on any atom is 0.231 e. The highest BCUT2D eigenvalue weighted by molar-refractivity contribution is 5.76. The second-order valence-electron chi connectivity index (χ2n) is 4.84. The maximum atomic E-state index is 11.0. The normalized spacial score (nSPS) is 20.9. The van der Waals surface area contributed by atoms with Crippen molar-refractivity contribution in [1.82, 2.24) is 14.7 Å². The first-order valence-corrected chi connectivity index (χ1v) is 6.09. The van der Waals surface area contributed by atoms with E-state index in [1.807, 2.05) is 11.6 Å².